The standard InChI is InChI=1S/C16H24N2O3/c1-16(2)8-7-12(11-16)18-14(19)6-3-9-17-15(20)13-5-4-10-21-13/h4-5,10,12H,3,6-9,11H2,1-2H3,(H,17,20)(H,18,19). The van der Waals surface area contributed by atoms with Crippen molar-refractivity contribution in [2.24, 2.45) is 5.41 Å². The summed E-state index contributed by atoms with van der Waals surface area (Å²) in [6.07, 6.45) is 5.81. The number of rotatable bonds is 6. The van der Waals surface area contributed by atoms with E-state index in [-0.39, 0.29) is 11.8 Å². The first kappa shape index (κ1) is 15.6. The fraction of sp³-hybridized carbons (Fsp3) is 0.625. The van der Waals surface area contributed by atoms with Crippen LogP contribution in [0.1, 0.15) is 56.5 Å². The lowest BCUT2D eigenvalue weighted by atomic mass is 9.92. The van der Waals surface area contributed by atoms with Gasteiger partial charge in [-0.15, -0.1) is 0 Å². The number of hydrogen-bond acceptors (Lipinski definition) is 3. The smallest absolute Gasteiger partial charge is 0.286 e. The van der Waals surface area contributed by atoms with Crippen LogP contribution in [0.25, 0.3) is 0 Å². The van der Waals surface area contributed by atoms with Gasteiger partial charge < -0.3 is 15.1 Å². The first-order valence-electron chi connectivity index (χ1n) is 7.57. The average Bonchev–Trinajstić information content (AvgIpc) is 3.04. The van der Waals surface area contributed by atoms with Crippen LogP contribution in [-0.2, 0) is 4.79 Å². The minimum Gasteiger partial charge on any atom is -0.459 e. The van der Waals surface area contributed by atoms with Crippen LogP contribution in [-0.4, -0.2) is 24.4 Å². The van der Waals surface area contributed by atoms with Gasteiger partial charge in [0, 0.05) is 19.0 Å². The topological polar surface area (TPSA) is 71.3 Å². The van der Waals surface area contributed by atoms with Gasteiger partial charge in [-0.1, -0.05) is 13.8 Å². The molecule has 1 aromatic rings. The molecule has 0 aromatic carbocycles. The first-order valence-corrected chi connectivity index (χ1v) is 7.57. The molecular weight excluding hydrogens is 268 g/mol. The normalized spacial score (nSPS) is 20.2. The van der Waals surface area contributed by atoms with E-state index in [1.807, 2.05) is 0 Å². The van der Waals surface area contributed by atoms with Gasteiger partial charge in [0.1, 0.15) is 0 Å². The number of nitrogens with one attached hydrogen (secondary N) is 2. The van der Waals surface area contributed by atoms with Gasteiger partial charge in [-0.2, -0.15) is 0 Å². The lowest BCUT2D eigenvalue weighted by Crippen LogP contribution is -2.34. The highest BCUT2D eigenvalue weighted by atomic mass is 16.3. The Morgan fingerprint density at radius 3 is 2.86 bits per heavy atom. The number of furan rings is 1. The van der Waals surface area contributed by atoms with Crippen LogP contribution in [0.15, 0.2) is 22.8 Å². The highest BCUT2D eigenvalue weighted by molar-refractivity contribution is 5.91. The molecule has 2 N–H and O–H groups in total. The van der Waals surface area contributed by atoms with Crippen LogP contribution in [0.5, 0.6) is 0 Å². The minimum atomic E-state index is -0.238. The third-order valence-electron chi connectivity index (χ3n) is 3.94. The van der Waals surface area contributed by atoms with Gasteiger partial charge in [-0.25, -0.2) is 0 Å². The van der Waals surface area contributed by atoms with E-state index in [2.05, 4.69) is 24.5 Å². The fourth-order valence-electron chi connectivity index (χ4n) is 2.80. The van der Waals surface area contributed by atoms with Gasteiger partial charge in [-0.05, 0) is 43.2 Å². The van der Waals surface area contributed by atoms with E-state index in [0.717, 1.165) is 19.3 Å². The molecule has 2 rings (SSSR count). The average molecular weight is 292 g/mol. The molecule has 116 valence electrons. The number of carbonyl (C=O) groups excluding carboxylic acids is 2. The second kappa shape index (κ2) is 6.78. The summed E-state index contributed by atoms with van der Waals surface area (Å²) in [7, 11) is 0. The minimum absolute atomic E-state index is 0.0740. The maximum absolute atomic E-state index is 11.8. The molecule has 5 heteroatoms. The largest absolute Gasteiger partial charge is 0.459 e. The molecule has 1 unspecified atom stereocenters. The molecule has 0 radical (unpaired) electrons. The molecule has 21 heavy (non-hydrogen) atoms. The monoisotopic (exact) mass is 292 g/mol. The van der Waals surface area contributed by atoms with Crippen molar-refractivity contribution in [1.82, 2.24) is 10.6 Å². The lowest BCUT2D eigenvalue weighted by Gasteiger charge is -2.17. The number of hydrogen-bond donors (Lipinski definition) is 2. The van der Waals surface area contributed by atoms with E-state index in [9.17, 15) is 9.59 Å². The number of amides is 2. The second-order valence-electron chi connectivity index (χ2n) is 6.51. The molecule has 0 bridgehead atoms. The van der Waals surface area contributed by atoms with E-state index in [0.29, 0.717) is 36.6 Å². The van der Waals surface area contributed by atoms with Crippen molar-refractivity contribution >= 4 is 11.8 Å². The van der Waals surface area contributed by atoms with Gasteiger partial charge in [0.25, 0.3) is 5.91 Å². The molecule has 1 heterocycles. The van der Waals surface area contributed by atoms with Crippen LogP contribution in [0, 0.1) is 5.41 Å². The highest BCUT2D eigenvalue weighted by Crippen LogP contribution is 2.36. The lowest BCUT2D eigenvalue weighted by molar-refractivity contribution is -0.121. The van der Waals surface area contributed by atoms with E-state index >= 15 is 0 Å². The zero-order valence-corrected chi connectivity index (χ0v) is 12.8. The Kier molecular flexibility index (Phi) is 5.04. The number of carbonyl (C=O) groups is 2. The molecule has 0 spiro atoms. The summed E-state index contributed by atoms with van der Waals surface area (Å²) in [5.41, 5.74) is 0.342. The molecule has 0 saturated heterocycles. The van der Waals surface area contributed by atoms with E-state index in [1.54, 1.807) is 12.1 Å². The Morgan fingerprint density at radius 1 is 1.43 bits per heavy atom. The Bertz CT molecular complexity index is 480. The van der Waals surface area contributed by atoms with E-state index in [1.165, 1.54) is 6.26 Å². The molecule has 0 aliphatic heterocycles. The maximum atomic E-state index is 11.8. The second-order valence-corrected chi connectivity index (χ2v) is 6.51. The van der Waals surface area contributed by atoms with Crippen molar-refractivity contribution in [3.63, 3.8) is 0 Å². The van der Waals surface area contributed by atoms with Crippen molar-refractivity contribution in [1.29, 1.82) is 0 Å². The van der Waals surface area contributed by atoms with Crippen LogP contribution in [0.3, 0.4) is 0 Å². The summed E-state index contributed by atoms with van der Waals surface area (Å²) in [6.45, 7) is 4.95. The predicted molar refractivity (Wildman–Crippen MR) is 79.8 cm³/mol. The zero-order chi connectivity index (χ0) is 15.3. The van der Waals surface area contributed by atoms with Crippen LogP contribution in [0.2, 0.25) is 0 Å². The molecule has 1 aromatic heterocycles. The highest BCUT2D eigenvalue weighted by Gasteiger charge is 2.31. The SMILES string of the molecule is CC1(C)CCC(NC(=O)CCCNC(=O)c2ccco2)C1. The summed E-state index contributed by atoms with van der Waals surface area (Å²) >= 11 is 0. The maximum Gasteiger partial charge on any atom is 0.286 e. The summed E-state index contributed by atoms with van der Waals surface area (Å²) in [4.78, 5) is 23.4. The van der Waals surface area contributed by atoms with Gasteiger partial charge in [0.15, 0.2) is 5.76 Å². The summed E-state index contributed by atoms with van der Waals surface area (Å²) in [5.74, 6) is 0.135. The van der Waals surface area contributed by atoms with Crippen molar-refractivity contribution in [3.05, 3.63) is 24.2 Å². The zero-order valence-electron chi connectivity index (χ0n) is 12.8. The first-order chi connectivity index (χ1) is 9.96. The Balaban J connectivity index is 1.58. The van der Waals surface area contributed by atoms with Crippen LogP contribution in [0.4, 0.5) is 0 Å². The van der Waals surface area contributed by atoms with Gasteiger partial charge >= 0.3 is 0 Å². The van der Waals surface area contributed by atoms with E-state index < -0.39 is 0 Å². The molecule has 1 saturated carbocycles. The molecule has 1 fully saturated rings. The van der Waals surface area contributed by atoms with Crippen molar-refractivity contribution in [2.45, 2.75) is 52.0 Å². The molecule has 1 aliphatic carbocycles. The van der Waals surface area contributed by atoms with Crippen LogP contribution < -0.4 is 10.6 Å². The van der Waals surface area contributed by atoms with Crippen molar-refractivity contribution in [3.8, 4) is 0 Å². The van der Waals surface area contributed by atoms with Gasteiger partial charge in [0.05, 0.1) is 6.26 Å². The third kappa shape index (κ3) is 4.92. The molecular formula is C16H24N2O3. The summed E-state index contributed by atoms with van der Waals surface area (Å²) in [5, 5.41) is 5.81. The molecule has 2 amide bonds. The fourth-order valence-corrected chi connectivity index (χ4v) is 2.80. The molecule has 1 atom stereocenters. The van der Waals surface area contributed by atoms with Gasteiger partial charge in [-0.3, -0.25) is 9.59 Å². The quantitative estimate of drug-likeness (QED) is 0.791. The van der Waals surface area contributed by atoms with Crippen LogP contribution >= 0.6 is 0 Å². The molecule has 5 nitrogen and oxygen atoms in total. The Hall–Kier alpha value is -1.78. The van der Waals surface area contributed by atoms with E-state index in [4.69, 9.17) is 4.42 Å². The Morgan fingerprint density at radius 2 is 2.24 bits per heavy atom. The van der Waals surface area contributed by atoms with Crippen molar-refractivity contribution in [2.75, 3.05) is 6.54 Å². The summed E-state index contributed by atoms with van der Waals surface area (Å²) in [6, 6.07) is 3.60. The third-order valence-corrected chi connectivity index (χ3v) is 3.94. The van der Waals surface area contributed by atoms with Crippen molar-refractivity contribution < 1.29 is 14.0 Å². The summed E-state index contributed by atoms with van der Waals surface area (Å²) < 4.78 is 4.99. The molecule has 1 aliphatic rings. The Labute approximate surface area is 125 Å². The predicted octanol–water partition coefficient (Wildman–Crippen LogP) is 2.48. The van der Waals surface area contributed by atoms with Gasteiger partial charge in [0.2, 0.25) is 5.91 Å².